The third kappa shape index (κ3) is 4.28. The van der Waals surface area contributed by atoms with Crippen LogP contribution in [0.4, 0.5) is 0 Å². The van der Waals surface area contributed by atoms with Crippen LogP contribution in [0.3, 0.4) is 0 Å². The van der Waals surface area contributed by atoms with Crippen LogP contribution in [0, 0.1) is 0 Å². The van der Waals surface area contributed by atoms with Crippen LogP contribution in [-0.2, 0) is 16.8 Å². The van der Waals surface area contributed by atoms with E-state index in [1.165, 1.54) is 0 Å². The molecule has 1 unspecified atom stereocenters. The normalized spacial score (nSPS) is 13.5. The van der Waals surface area contributed by atoms with Crippen molar-refractivity contribution in [3.8, 4) is 0 Å². The molecule has 0 radical (unpaired) electrons. The third-order valence-corrected chi connectivity index (χ3v) is 3.50. The molecule has 5 heteroatoms. The van der Waals surface area contributed by atoms with Crippen molar-refractivity contribution in [2.24, 2.45) is 0 Å². The second-order valence-corrected chi connectivity index (χ2v) is 5.48. The summed E-state index contributed by atoms with van der Waals surface area (Å²) in [6.45, 7) is 1.72. The summed E-state index contributed by atoms with van der Waals surface area (Å²) < 4.78 is 0. The highest BCUT2D eigenvalue weighted by atomic mass is 35.5. The zero-order valence-corrected chi connectivity index (χ0v) is 12.5. The molecular formula is C16H17ClN2O2. The van der Waals surface area contributed by atoms with Crippen LogP contribution in [0.1, 0.15) is 18.1 Å². The van der Waals surface area contributed by atoms with Gasteiger partial charge in [0.1, 0.15) is 5.60 Å². The number of pyridine rings is 1. The van der Waals surface area contributed by atoms with Crippen molar-refractivity contribution in [3.63, 3.8) is 0 Å². The lowest BCUT2D eigenvalue weighted by molar-refractivity contribution is -0.121. The predicted octanol–water partition coefficient (Wildman–Crippen LogP) is 2.30. The average molecular weight is 305 g/mol. The van der Waals surface area contributed by atoms with Gasteiger partial charge in [-0.1, -0.05) is 35.9 Å². The summed E-state index contributed by atoms with van der Waals surface area (Å²) in [5, 5.41) is 13.7. The number of nitrogens with one attached hydrogen (secondary N) is 1. The van der Waals surface area contributed by atoms with Gasteiger partial charge in [-0.3, -0.25) is 9.78 Å². The van der Waals surface area contributed by atoms with Crippen molar-refractivity contribution in [1.82, 2.24) is 10.3 Å². The Hall–Kier alpha value is -1.91. The van der Waals surface area contributed by atoms with Crippen molar-refractivity contribution in [3.05, 3.63) is 64.9 Å². The zero-order chi connectivity index (χ0) is 15.3. The maximum Gasteiger partial charge on any atom is 0.224 e. The Labute approximate surface area is 128 Å². The van der Waals surface area contributed by atoms with Crippen LogP contribution in [0.25, 0.3) is 0 Å². The van der Waals surface area contributed by atoms with E-state index in [-0.39, 0.29) is 18.9 Å². The summed E-state index contributed by atoms with van der Waals surface area (Å²) in [5.74, 6) is -0.171. The third-order valence-electron chi connectivity index (χ3n) is 3.17. The van der Waals surface area contributed by atoms with Gasteiger partial charge in [-0.05, 0) is 24.6 Å². The second-order valence-electron chi connectivity index (χ2n) is 5.07. The molecule has 0 aliphatic heterocycles. The molecule has 1 atom stereocenters. The van der Waals surface area contributed by atoms with Crippen molar-refractivity contribution in [1.29, 1.82) is 0 Å². The molecule has 2 rings (SSSR count). The molecule has 0 saturated carbocycles. The molecule has 0 aliphatic carbocycles. The molecule has 0 fully saturated rings. The maximum atomic E-state index is 11.9. The van der Waals surface area contributed by atoms with Gasteiger partial charge in [0, 0.05) is 23.0 Å². The maximum absolute atomic E-state index is 11.9. The van der Waals surface area contributed by atoms with Gasteiger partial charge in [0.05, 0.1) is 13.0 Å². The van der Waals surface area contributed by atoms with E-state index in [2.05, 4.69) is 10.3 Å². The Morgan fingerprint density at radius 2 is 2.10 bits per heavy atom. The largest absolute Gasteiger partial charge is 0.384 e. The van der Waals surface area contributed by atoms with Crippen LogP contribution in [0.5, 0.6) is 0 Å². The fraction of sp³-hybridized carbons (Fsp3) is 0.250. The molecule has 1 amide bonds. The number of halogens is 1. The number of amides is 1. The Kier molecular flexibility index (Phi) is 4.94. The number of nitrogens with zero attached hydrogens (tertiary/aromatic N) is 1. The molecule has 2 N–H and O–H groups in total. The molecule has 110 valence electrons. The molecule has 21 heavy (non-hydrogen) atoms. The highest BCUT2D eigenvalue weighted by molar-refractivity contribution is 6.31. The smallest absolute Gasteiger partial charge is 0.224 e. The van der Waals surface area contributed by atoms with Gasteiger partial charge in [-0.2, -0.15) is 0 Å². The van der Waals surface area contributed by atoms with E-state index in [1.807, 2.05) is 6.07 Å². The molecule has 0 spiro atoms. The fourth-order valence-corrected chi connectivity index (χ4v) is 2.35. The number of hydrogen-bond donors (Lipinski definition) is 2. The van der Waals surface area contributed by atoms with Gasteiger partial charge < -0.3 is 10.4 Å². The van der Waals surface area contributed by atoms with Crippen LogP contribution < -0.4 is 5.32 Å². The van der Waals surface area contributed by atoms with Crippen molar-refractivity contribution < 1.29 is 9.90 Å². The van der Waals surface area contributed by atoms with Gasteiger partial charge in [-0.25, -0.2) is 0 Å². The minimum atomic E-state index is -1.22. The molecule has 0 saturated heterocycles. The minimum Gasteiger partial charge on any atom is -0.384 e. The molecular weight excluding hydrogens is 288 g/mol. The first kappa shape index (κ1) is 15.5. The van der Waals surface area contributed by atoms with Crippen LogP contribution in [0.15, 0.2) is 48.8 Å². The fourth-order valence-electron chi connectivity index (χ4n) is 2.01. The van der Waals surface area contributed by atoms with Gasteiger partial charge >= 0.3 is 0 Å². The van der Waals surface area contributed by atoms with Crippen LogP contribution >= 0.6 is 11.6 Å². The molecule has 4 nitrogen and oxygen atoms in total. The summed E-state index contributed by atoms with van der Waals surface area (Å²) in [4.78, 5) is 15.9. The van der Waals surface area contributed by atoms with E-state index in [1.54, 1.807) is 49.6 Å². The molecule has 1 aromatic carbocycles. The Balaban J connectivity index is 1.96. The average Bonchev–Trinajstić information content (AvgIpc) is 2.47. The quantitative estimate of drug-likeness (QED) is 0.891. The molecule has 0 aliphatic rings. The summed E-state index contributed by atoms with van der Waals surface area (Å²) in [6, 6.07) is 10.7. The Morgan fingerprint density at radius 1 is 1.33 bits per heavy atom. The predicted molar refractivity (Wildman–Crippen MR) is 82.0 cm³/mol. The summed E-state index contributed by atoms with van der Waals surface area (Å²) in [6.07, 6.45) is 3.53. The number of rotatable bonds is 5. The minimum absolute atomic E-state index is 0.0931. The van der Waals surface area contributed by atoms with Crippen molar-refractivity contribution in [2.75, 3.05) is 6.54 Å². The number of carbonyl (C=O) groups is 1. The standard InChI is InChI=1S/C16H17ClN2O2/c1-16(21,13-6-2-3-7-14(13)17)11-19-15(20)9-12-5-4-8-18-10-12/h2-8,10,21H,9,11H2,1H3,(H,19,20). The highest BCUT2D eigenvalue weighted by Crippen LogP contribution is 2.27. The Bertz CT molecular complexity index is 615. The van der Waals surface area contributed by atoms with E-state index in [9.17, 15) is 9.90 Å². The van der Waals surface area contributed by atoms with E-state index in [0.29, 0.717) is 10.6 Å². The first-order valence-electron chi connectivity index (χ1n) is 6.62. The van der Waals surface area contributed by atoms with E-state index in [0.717, 1.165) is 5.56 Å². The van der Waals surface area contributed by atoms with E-state index >= 15 is 0 Å². The van der Waals surface area contributed by atoms with Crippen molar-refractivity contribution >= 4 is 17.5 Å². The van der Waals surface area contributed by atoms with Gasteiger partial charge in [-0.15, -0.1) is 0 Å². The molecule has 2 aromatic rings. The zero-order valence-electron chi connectivity index (χ0n) is 11.7. The van der Waals surface area contributed by atoms with Gasteiger partial charge in [0.25, 0.3) is 0 Å². The monoisotopic (exact) mass is 304 g/mol. The SMILES string of the molecule is CC(O)(CNC(=O)Cc1cccnc1)c1ccccc1Cl. The second kappa shape index (κ2) is 6.70. The van der Waals surface area contributed by atoms with E-state index in [4.69, 9.17) is 11.6 Å². The first-order chi connectivity index (χ1) is 9.99. The summed E-state index contributed by atoms with van der Waals surface area (Å²) >= 11 is 6.07. The van der Waals surface area contributed by atoms with Crippen molar-refractivity contribution in [2.45, 2.75) is 18.9 Å². The highest BCUT2D eigenvalue weighted by Gasteiger charge is 2.26. The lowest BCUT2D eigenvalue weighted by Gasteiger charge is -2.25. The number of aromatic nitrogens is 1. The van der Waals surface area contributed by atoms with Crippen LogP contribution in [-0.4, -0.2) is 22.5 Å². The first-order valence-corrected chi connectivity index (χ1v) is 7.00. The summed E-state index contributed by atoms with van der Waals surface area (Å²) in [7, 11) is 0. The number of hydrogen-bond acceptors (Lipinski definition) is 3. The molecule has 1 heterocycles. The van der Waals surface area contributed by atoms with Gasteiger partial charge in [0.2, 0.25) is 5.91 Å². The topological polar surface area (TPSA) is 62.2 Å². The van der Waals surface area contributed by atoms with E-state index < -0.39 is 5.60 Å². The Morgan fingerprint density at radius 3 is 2.76 bits per heavy atom. The van der Waals surface area contributed by atoms with Crippen LogP contribution in [0.2, 0.25) is 5.02 Å². The molecule has 1 aromatic heterocycles. The molecule has 0 bridgehead atoms. The lowest BCUT2D eigenvalue weighted by Crippen LogP contribution is -2.39. The lowest BCUT2D eigenvalue weighted by atomic mass is 9.96. The van der Waals surface area contributed by atoms with Gasteiger partial charge in [0.15, 0.2) is 0 Å². The number of carbonyl (C=O) groups excluding carboxylic acids is 1. The summed E-state index contributed by atoms with van der Waals surface area (Å²) in [5.41, 5.74) is 0.198. The number of aliphatic hydroxyl groups is 1. The number of benzene rings is 1.